The van der Waals surface area contributed by atoms with Crippen molar-refractivity contribution < 1.29 is 4.79 Å². The maximum Gasteiger partial charge on any atom is 0.276 e. The number of carbonyl (C=O) groups is 1. The fourth-order valence-electron chi connectivity index (χ4n) is 1.52. The Labute approximate surface area is 71.9 Å². The lowest BCUT2D eigenvalue weighted by Gasteiger charge is -2.09. The lowest BCUT2D eigenvalue weighted by molar-refractivity contribution is 0.267. The molecule has 0 spiro atoms. The van der Waals surface area contributed by atoms with Crippen LogP contribution < -0.4 is 5.73 Å². The molecule has 1 aliphatic rings. The third kappa shape index (κ3) is 3.65. The van der Waals surface area contributed by atoms with Crippen molar-refractivity contribution in [1.29, 1.82) is 0 Å². The van der Waals surface area contributed by atoms with Gasteiger partial charge in [0.2, 0.25) is 0 Å². The summed E-state index contributed by atoms with van der Waals surface area (Å²) in [4.78, 5) is 10.6. The topological polar surface area (TPSA) is 43.1 Å². The monoisotopic (exact) mass is 173 g/mol. The van der Waals surface area contributed by atoms with Crippen LogP contribution in [0.5, 0.6) is 0 Å². The van der Waals surface area contributed by atoms with E-state index in [1.165, 1.54) is 50.3 Å². The second-order valence-electron chi connectivity index (χ2n) is 3.05. The summed E-state index contributed by atoms with van der Waals surface area (Å²) in [6.07, 6.45) is 7.54. The summed E-state index contributed by atoms with van der Waals surface area (Å²) in [6, 6.07) is 0. The number of hydrogen-bond acceptors (Lipinski definition) is 2. The molecule has 3 heteroatoms. The molecule has 0 bridgehead atoms. The molecule has 0 unspecified atom stereocenters. The first-order valence-electron chi connectivity index (χ1n) is 4.25. The van der Waals surface area contributed by atoms with Crippen LogP contribution in [0.1, 0.15) is 38.5 Å². The number of carbonyl (C=O) groups excluding carboxylic acids is 1. The minimum atomic E-state index is -0.211. The molecule has 0 aromatic rings. The highest BCUT2D eigenvalue weighted by Gasteiger charge is 2.14. The highest BCUT2D eigenvalue weighted by molar-refractivity contribution is 8.14. The Kier molecular flexibility index (Phi) is 3.77. The Morgan fingerprint density at radius 2 is 1.73 bits per heavy atom. The average molecular weight is 173 g/mol. The van der Waals surface area contributed by atoms with Crippen LogP contribution in [0.3, 0.4) is 0 Å². The molecule has 2 N–H and O–H groups in total. The van der Waals surface area contributed by atoms with Crippen molar-refractivity contribution in [2.75, 3.05) is 0 Å². The highest BCUT2D eigenvalue weighted by atomic mass is 32.2. The Hall–Kier alpha value is -0.180. The zero-order valence-electron chi connectivity index (χ0n) is 6.71. The number of primary amides is 1. The van der Waals surface area contributed by atoms with Crippen LogP contribution >= 0.6 is 11.8 Å². The first-order chi connectivity index (χ1) is 5.29. The molecule has 0 aromatic heterocycles. The van der Waals surface area contributed by atoms with E-state index in [1.54, 1.807) is 0 Å². The van der Waals surface area contributed by atoms with Crippen LogP contribution in [-0.2, 0) is 0 Å². The molecular formula is C8H15NOS. The van der Waals surface area contributed by atoms with Gasteiger partial charge in [-0.1, -0.05) is 37.4 Å². The van der Waals surface area contributed by atoms with Gasteiger partial charge in [-0.05, 0) is 12.8 Å². The van der Waals surface area contributed by atoms with Crippen molar-refractivity contribution in [3.8, 4) is 0 Å². The Morgan fingerprint density at radius 3 is 2.18 bits per heavy atom. The highest BCUT2D eigenvalue weighted by Crippen LogP contribution is 2.26. The van der Waals surface area contributed by atoms with Crippen LogP contribution in [0.15, 0.2) is 0 Å². The maximum atomic E-state index is 10.6. The largest absolute Gasteiger partial charge is 0.361 e. The van der Waals surface area contributed by atoms with Crippen molar-refractivity contribution >= 4 is 17.0 Å². The first-order valence-corrected chi connectivity index (χ1v) is 5.13. The summed E-state index contributed by atoms with van der Waals surface area (Å²) in [6.45, 7) is 0. The minimum absolute atomic E-state index is 0.211. The molecule has 0 radical (unpaired) electrons. The van der Waals surface area contributed by atoms with Gasteiger partial charge < -0.3 is 5.73 Å². The molecule has 0 heterocycles. The van der Waals surface area contributed by atoms with Crippen molar-refractivity contribution in [3.05, 3.63) is 0 Å². The number of rotatable bonds is 1. The van der Waals surface area contributed by atoms with Gasteiger partial charge in [0.1, 0.15) is 0 Å². The third-order valence-electron chi connectivity index (χ3n) is 2.09. The molecule has 64 valence electrons. The van der Waals surface area contributed by atoms with Gasteiger partial charge in [0.05, 0.1) is 0 Å². The quantitative estimate of drug-likeness (QED) is 0.619. The minimum Gasteiger partial charge on any atom is -0.361 e. The zero-order valence-corrected chi connectivity index (χ0v) is 7.53. The summed E-state index contributed by atoms with van der Waals surface area (Å²) >= 11 is 1.33. The predicted molar refractivity (Wildman–Crippen MR) is 48.7 cm³/mol. The van der Waals surface area contributed by atoms with E-state index in [9.17, 15) is 4.79 Å². The van der Waals surface area contributed by atoms with Crippen molar-refractivity contribution in [2.24, 2.45) is 5.73 Å². The molecule has 2 nitrogen and oxygen atoms in total. The Morgan fingerprint density at radius 1 is 1.18 bits per heavy atom. The molecule has 0 saturated heterocycles. The van der Waals surface area contributed by atoms with E-state index in [0.717, 1.165) is 0 Å². The van der Waals surface area contributed by atoms with E-state index in [1.807, 2.05) is 0 Å². The number of hydrogen-bond donors (Lipinski definition) is 1. The summed E-state index contributed by atoms with van der Waals surface area (Å²) in [7, 11) is 0. The molecule has 1 amide bonds. The Bertz CT molecular complexity index is 130. The summed E-state index contributed by atoms with van der Waals surface area (Å²) in [5.74, 6) is 0. The Balaban J connectivity index is 2.25. The molecule has 0 aromatic carbocycles. The van der Waals surface area contributed by atoms with Gasteiger partial charge in [0, 0.05) is 5.25 Å². The van der Waals surface area contributed by atoms with Gasteiger partial charge in [-0.25, -0.2) is 0 Å². The van der Waals surface area contributed by atoms with Crippen LogP contribution in [-0.4, -0.2) is 10.5 Å². The number of nitrogens with two attached hydrogens (primary N) is 1. The predicted octanol–water partition coefficient (Wildman–Crippen LogP) is 2.52. The number of amides is 1. The van der Waals surface area contributed by atoms with Crippen molar-refractivity contribution in [1.82, 2.24) is 0 Å². The van der Waals surface area contributed by atoms with Gasteiger partial charge in [0.25, 0.3) is 5.24 Å². The van der Waals surface area contributed by atoms with E-state index in [0.29, 0.717) is 5.25 Å². The third-order valence-corrected chi connectivity index (χ3v) is 3.12. The molecule has 1 rings (SSSR count). The molecule has 11 heavy (non-hydrogen) atoms. The molecule has 1 fully saturated rings. The van der Waals surface area contributed by atoms with Crippen LogP contribution in [0.2, 0.25) is 0 Å². The second kappa shape index (κ2) is 4.65. The standard InChI is InChI=1S/C8H15NOS/c9-8(10)11-7-5-3-1-2-4-6-7/h7H,1-6H2,(H2,9,10). The lowest BCUT2D eigenvalue weighted by Crippen LogP contribution is -2.10. The molecule has 0 aliphatic heterocycles. The number of thioether (sulfide) groups is 1. The second-order valence-corrected chi connectivity index (χ2v) is 4.36. The fourth-order valence-corrected chi connectivity index (χ4v) is 2.42. The molecule has 1 aliphatic carbocycles. The summed E-state index contributed by atoms with van der Waals surface area (Å²) in [5.41, 5.74) is 5.10. The first kappa shape index (κ1) is 8.91. The smallest absolute Gasteiger partial charge is 0.276 e. The zero-order chi connectivity index (χ0) is 8.10. The molecule has 1 saturated carbocycles. The van der Waals surface area contributed by atoms with Crippen molar-refractivity contribution in [2.45, 2.75) is 43.8 Å². The van der Waals surface area contributed by atoms with Crippen molar-refractivity contribution in [3.63, 3.8) is 0 Å². The lowest BCUT2D eigenvalue weighted by atomic mass is 10.2. The average Bonchev–Trinajstić information content (AvgIpc) is 2.14. The van der Waals surface area contributed by atoms with Gasteiger partial charge in [-0.3, -0.25) is 4.79 Å². The van der Waals surface area contributed by atoms with Gasteiger partial charge in [-0.15, -0.1) is 0 Å². The van der Waals surface area contributed by atoms with Crippen LogP contribution in [0, 0.1) is 0 Å². The van der Waals surface area contributed by atoms with Crippen LogP contribution in [0.4, 0.5) is 4.79 Å². The van der Waals surface area contributed by atoms with E-state index in [-0.39, 0.29) is 5.24 Å². The normalized spacial score (nSPS) is 21.1. The van der Waals surface area contributed by atoms with E-state index in [2.05, 4.69) is 0 Å². The van der Waals surface area contributed by atoms with Gasteiger partial charge in [0.15, 0.2) is 0 Å². The molecular weight excluding hydrogens is 158 g/mol. The maximum absolute atomic E-state index is 10.6. The van der Waals surface area contributed by atoms with Gasteiger partial charge in [-0.2, -0.15) is 0 Å². The van der Waals surface area contributed by atoms with E-state index >= 15 is 0 Å². The SMILES string of the molecule is NC(=O)SC1CCCCCC1. The molecule has 0 atom stereocenters. The van der Waals surface area contributed by atoms with Crippen LogP contribution in [0.25, 0.3) is 0 Å². The summed E-state index contributed by atoms with van der Waals surface area (Å²) in [5, 5.41) is 0.298. The van der Waals surface area contributed by atoms with E-state index < -0.39 is 0 Å². The van der Waals surface area contributed by atoms with Gasteiger partial charge >= 0.3 is 0 Å². The van der Waals surface area contributed by atoms with E-state index in [4.69, 9.17) is 5.73 Å². The fraction of sp³-hybridized carbons (Fsp3) is 0.875. The summed E-state index contributed by atoms with van der Waals surface area (Å²) < 4.78 is 0.